The minimum Gasteiger partial charge on any atom is -0.691 e. The van der Waals surface area contributed by atoms with Crippen molar-refractivity contribution in [2.45, 2.75) is 38.3 Å². The van der Waals surface area contributed by atoms with Gasteiger partial charge in [-0.05, 0) is 30.5 Å². The third-order valence-corrected chi connectivity index (χ3v) is 4.26. The van der Waals surface area contributed by atoms with Gasteiger partial charge in [0.25, 0.3) is 0 Å². The molecule has 2 unspecified atom stereocenters. The number of allylic oxidation sites excluding steroid dienone is 1. The lowest BCUT2D eigenvalue weighted by atomic mass is 10.0. The highest BCUT2D eigenvalue weighted by atomic mass is 19.1. The summed E-state index contributed by atoms with van der Waals surface area (Å²) in [7, 11) is 0. The van der Waals surface area contributed by atoms with Crippen molar-refractivity contribution in [3.8, 4) is 0 Å². The lowest BCUT2D eigenvalue weighted by Gasteiger charge is -2.36. The smallest absolute Gasteiger partial charge is 0.165 e. The molecule has 0 bridgehead atoms. The minimum absolute atomic E-state index is 0.0841. The monoisotopic (exact) mass is 319 g/mol. The maximum atomic E-state index is 13.4. The van der Waals surface area contributed by atoms with Crippen LogP contribution in [0.5, 0.6) is 0 Å². The molecule has 1 fully saturated rings. The normalized spacial score (nSPS) is 26.0. The number of hydrogen-bond donors (Lipinski definition) is 1. The van der Waals surface area contributed by atoms with Gasteiger partial charge in [0.1, 0.15) is 16.7 Å². The number of benzene rings is 1. The SMILES string of the molecule is CC1=CC(Cc2cccc(F)c2)N(N2CCCC(N)C2)N=[N+]1[O-]. The van der Waals surface area contributed by atoms with Gasteiger partial charge in [-0.15, -0.1) is 9.87 Å². The van der Waals surface area contributed by atoms with Crippen molar-refractivity contribution in [3.63, 3.8) is 0 Å². The minimum atomic E-state index is -0.257. The molecule has 0 spiro atoms. The first-order chi connectivity index (χ1) is 11.0. The van der Waals surface area contributed by atoms with Gasteiger partial charge in [-0.2, -0.15) is 0 Å². The highest BCUT2D eigenvalue weighted by Crippen LogP contribution is 2.23. The van der Waals surface area contributed by atoms with Gasteiger partial charge in [0.2, 0.25) is 0 Å². The second-order valence-electron chi connectivity index (χ2n) is 6.21. The molecule has 0 aromatic heterocycles. The van der Waals surface area contributed by atoms with E-state index in [0.717, 1.165) is 24.9 Å². The summed E-state index contributed by atoms with van der Waals surface area (Å²) in [4.78, 5) is 0.627. The van der Waals surface area contributed by atoms with E-state index in [1.54, 1.807) is 18.1 Å². The van der Waals surface area contributed by atoms with Crippen molar-refractivity contribution in [1.82, 2.24) is 10.1 Å². The van der Waals surface area contributed by atoms with Crippen LogP contribution in [0, 0.1) is 11.0 Å². The van der Waals surface area contributed by atoms with Crippen LogP contribution in [-0.4, -0.2) is 40.2 Å². The molecule has 7 heteroatoms. The van der Waals surface area contributed by atoms with E-state index in [1.807, 2.05) is 17.2 Å². The van der Waals surface area contributed by atoms with Crippen molar-refractivity contribution in [2.24, 2.45) is 11.0 Å². The maximum absolute atomic E-state index is 13.4. The molecule has 23 heavy (non-hydrogen) atoms. The molecule has 0 amide bonds. The first-order valence-corrected chi connectivity index (χ1v) is 7.94. The molecule has 0 saturated carbocycles. The van der Waals surface area contributed by atoms with E-state index in [-0.39, 0.29) is 17.9 Å². The number of hydroxylamine groups is 1. The van der Waals surface area contributed by atoms with Gasteiger partial charge < -0.3 is 10.9 Å². The Hall–Kier alpha value is -1.99. The number of halogens is 1. The van der Waals surface area contributed by atoms with Gasteiger partial charge in [0, 0.05) is 32.0 Å². The van der Waals surface area contributed by atoms with E-state index in [4.69, 9.17) is 5.73 Å². The number of piperidine rings is 1. The van der Waals surface area contributed by atoms with Crippen molar-refractivity contribution in [2.75, 3.05) is 13.1 Å². The molecule has 0 radical (unpaired) electrons. The summed E-state index contributed by atoms with van der Waals surface area (Å²) in [5.74, 6) is -0.257. The molecule has 6 nitrogen and oxygen atoms in total. The van der Waals surface area contributed by atoms with Crippen LogP contribution in [0.3, 0.4) is 0 Å². The zero-order chi connectivity index (χ0) is 16.4. The van der Waals surface area contributed by atoms with E-state index < -0.39 is 0 Å². The molecule has 2 N–H and O–H groups in total. The Kier molecular flexibility index (Phi) is 4.58. The molecule has 1 aromatic rings. The summed E-state index contributed by atoms with van der Waals surface area (Å²) in [6.45, 7) is 3.22. The maximum Gasteiger partial charge on any atom is 0.165 e. The highest BCUT2D eigenvalue weighted by molar-refractivity contribution is 5.19. The van der Waals surface area contributed by atoms with Crippen LogP contribution in [0.2, 0.25) is 0 Å². The number of hydrazine groups is 1. The lowest BCUT2D eigenvalue weighted by molar-refractivity contribution is -0.513. The summed E-state index contributed by atoms with van der Waals surface area (Å²) in [6, 6.07) is 6.50. The van der Waals surface area contributed by atoms with Gasteiger partial charge in [0.05, 0.1) is 6.54 Å². The second-order valence-corrected chi connectivity index (χ2v) is 6.21. The first kappa shape index (κ1) is 15.9. The van der Waals surface area contributed by atoms with Gasteiger partial charge in [-0.3, -0.25) is 0 Å². The van der Waals surface area contributed by atoms with Crippen LogP contribution in [0.1, 0.15) is 25.3 Å². The van der Waals surface area contributed by atoms with Gasteiger partial charge >= 0.3 is 0 Å². The molecular formula is C16H22FN5O. The largest absolute Gasteiger partial charge is 0.691 e. The lowest BCUT2D eigenvalue weighted by Crippen LogP contribution is -2.54. The number of nitrogens with zero attached hydrogens (tertiary/aromatic N) is 4. The number of nitrogens with two attached hydrogens (primary N) is 1. The van der Waals surface area contributed by atoms with E-state index in [9.17, 15) is 9.60 Å². The second kappa shape index (κ2) is 6.64. The predicted molar refractivity (Wildman–Crippen MR) is 84.3 cm³/mol. The Morgan fingerprint density at radius 3 is 3.04 bits per heavy atom. The van der Waals surface area contributed by atoms with Crippen LogP contribution in [-0.2, 0) is 6.42 Å². The molecule has 2 aliphatic rings. The molecule has 2 aliphatic heterocycles. The molecule has 2 heterocycles. The molecule has 2 atom stereocenters. The number of hydrogen-bond acceptors (Lipinski definition) is 5. The Morgan fingerprint density at radius 2 is 2.30 bits per heavy atom. The Bertz CT molecular complexity index is 633. The average Bonchev–Trinajstić information content (AvgIpc) is 2.51. The third kappa shape index (κ3) is 3.68. The van der Waals surface area contributed by atoms with E-state index in [1.165, 1.54) is 12.1 Å². The van der Waals surface area contributed by atoms with Crippen LogP contribution < -0.4 is 5.73 Å². The van der Waals surface area contributed by atoms with Crippen molar-refractivity contribution >= 4 is 0 Å². The van der Waals surface area contributed by atoms with Crippen molar-refractivity contribution < 1.29 is 9.25 Å². The summed E-state index contributed by atoms with van der Waals surface area (Å²) in [6.07, 6.45) is 4.42. The Labute approximate surface area is 135 Å². The first-order valence-electron chi connectivity index (χ1n) is 7.94. The Morgan fingerprint density at radius 1 is 1.48 bits per heavy atom. The average molecular weight is 319 g/mol. The van der Waals surface area contributed by atoms with E-state index in [2.05, 4.69) is 5.22 Å². The van der Waals surface area contributed by atoms with Crippen molar-refractivity contribution in [1.29, 1.82) is 0 Å². The van der Waals surface area contributed by atoms with Crippen molar-refractivity contribution in [3.05, 3.63) is 52.6 Å². The Balaban J connectivity index is 1.82. The fraction of sp³-hybridized carbons (Fsp3) is 0.500. The van der Waals surface area contributed by atoms with E-state index >= 15 is 0 Å². The highest BCUT2D eigenvalue weighted by Gasteiger charge is 2.35. The fourth-order valence-electron chi connectivity index (χ4n) is 3.12. The quantitative estimate of drug-likeness (QED) is 0.685. The molecule has 3 rings (SSSR count). The molecule has 1 saturated heterocycles. The zero-order valence-electron chi connectivity index (χ0n) is 13.2. The zero-order valence-corrected chi connectivity index (χ0v) is 13.2. The summed E-state index contributed by atoms with van der Waals surface area (Å²) in [5, 5.41) is 19.8. The number of rotatable bonds is 3. The van der Waals surface area contributed by atoms with Gasteiger partial charge in [-0.25, -0.2) is 4.39 Å². The third-order valence-electron chi connectivity index (χ3n) is 4.26. The van der Waals surface area contributed by atoms with Crippen LogP contribution in [0.25, 0.3) is 0 Å². The summed E-state index contributed by atoms with van der Waals surface area (Å²) in [5.41, 5.74) is 7.47. The standard InChI is InChI=1S/C16H22FN5O/c1-12-8-16(10-13-4-2-5-14(17)9-13)21(19-22(12)23)20-7-3-6-15(18)11-20/h2,4-5,8-9,15-16H,3,6-7,10-11,18H2,1H3. The van der Waals surface area contributed by atoms with Gasteiger partial charge in [0.15, 0.2) is 6.04 Å². The van der Waals surface area contributed by atoms with Crippen LogP contribution in [0.4, 0.5) is 4.39 Å². The topological polar surface area (TPSA) is 70.9 Å². The molecule has 1 aromatic carbocycles. The molecule has 124 valence electrons. The van der Waals surface area contributed by atoms with Gasteiger partial charge in [-0.1, -0.05) is 17.3 Å². The predicted octanol–water partition coefficient (Wildman–Crippen LogP) is 2.17. The summed E-state index contributed by atoms with van der Waals surface area (Å²) < 4.78 is 13.4. The molecule has 0 aliphatic carbocycles. The summed E-state index contributed by atoms with van der Waals surface area (Å²) >= 11 is 0. The van der Waals surface area contributed by atoms with Crippen LogP contribution >= 0.6 is 0 Å². The van der Waals surface area contributed by atoms with Crippen LogP contribution in [0.15, 0.2) is 41.3 Å². The fourth-order valence-corrected chi connectivity index (χ4v) is 3.12. The van der Waals surface area contributed by atoms with E-state index in [0.29, 0.717) is 23.5 Å². The molecular weight excluding hydrogens is 297 g/mol.